The van der Waals surface area contributed by atoms with Crippen molar-refractivity contribution in [1.29, 1.82) is 0 Å². The normalized spacial score (nSPS) is 23.1. The van der Waals surface area contributed by atoms with Crippen LogP contribution in [0.2, 0.25) is 0 Å². The predicted molar refractivity (Wildman–Crippen MR) is 109 cm³/mol. The Bertz CT molecular complexity index is 779. The predicted octanol–water partition coefficient (Wildman–Crippen LogP) is 3.31. The quantitative estimate of drug-likeness (QED) is 0.744. The second kappa shape index (κ2) is 8.95. The zero-order chi connectivity index (χ0) is 20.1. The molecule has 150 valence electrons. The lowest BCUT2D eigenvalue weighted by atomic mass is 9.80. The molecule has 0 spiro atoms. The van der Waals surface area contributed by atoms with Gasteiger partial charge in [0, 0.05) is 25.1 Å². The van der Waals surface area contributed by atoms with Gasteiger partial charge in [-0.1, -0.05) is 30.3 Å². The number of carbonyl (C=O) groups excluding carboxylic acids is 1. The van der Waals surface area contributed by atoms with Gasteiger partial charge in [0.1, 0.15) is 11.4 Å². The third kappa shape index (κ3) is 4.66. The van der Waals surface area contributed by atoms with Crippen LogP contribution in [0.15, 0.2) is 54.6 Å². The summed E-state index contributed by atoms with van der Waals surface area (Å²) in [7, 11) is 4.00. The molecule has 1 heterocycles. The number of benzene rings is 2. The van der Waals surface area contributed by atoms with Crippen molar-refractivity contribution in [3.8, 4) is 0 Å². The number of piperidine rings is 1. The molecule has 1 N–H and O–H groups in total. The lowest BCUT2D eigenvalue weighted by molar-refractivity contribution is -0.0877. The number of likely N-dealkylation sites (N-methyl/N-ethyl adjacent to an activating group) is 1. The molecule has 0 saturated carbocycles. The van der Waals surface area contributed by atoms with Crippen molar-refractivity contribution in [1.82, 2.24) is 9.80 Å². The maximum absolute atomic E-state index is 13.0. The van der Waals surface area contributed by atoms with Gasteiger partial charge in [0.2, 0.25) is 0 Å². The summed E-state index contributed by atoms with van der Waals surface area (Å²) in [6, 6.07) is 15.6. The monoisotopic (exact) mass is 384 g/mol. The molecule has 0 amide bonds. The molecule has 1 fully saturated rings. The number of hydrogen-bond donors (Lipinski definition) is 1. The van der Waals surface area contributed by atoms with Crippen LogP contribution >= 0.6 is 0 Å². The Balaban J connectivity index is 1.57. The number of carbonyl (C=O) groups is 1. The molecular formula is C23H29FN2O2. The molecular weight excluding hydrogens is 355 g/mol. The van der Waals surface area contributed by atoms with Crippen LogP contribution < -0.4 is 0 Å². The molecule has 28 heavy (non-hydrogen) atoms. The molecule has 2 atom stereocenters. The van der Waals surface area contributed by atoms with Crippen LogP contribution in [0.4, 0.5) is 4.39 Å². The van der Waals surface area contributed by atoms with Gasteiger partial charge in [-0.2, -0.15) is 0 Å². The molecule has 2 unspecified atom stereocenters. The Kier molecular flexibility index (Phi) is 6.60. The van der Waals surface area contributed by atoms with E-state index in [9.17, 15) is 14.3 Å². The van der Waals surface area contributed by atoms with E-state index in [2.05, 4.69) is 9.80 Å². The van der Waals surface area contributed by atoms with E-state index in [0.29, 0.717) is 18.4 Å². The number of rotatable bonds is 7. The number of nitrogens with zero attached hydrogens (tertiary/aromatic N) is 2. The number of hydrogen-bond acceptors (Lipinski definition) is 4. The number of ketones is 1. The summed E-state index contributed by atoms with van der Waals surface area (Å²) < 4.78 is 13.0. The van der Waals surface area contributed by atoms with Crippen molar-refractivity contribution < 1.29 is 14.3 Å². The highest BCUT2D eigenvalue weighted by Gasteiger charge is 2.43. The van der Waals surface area contributed by atoms with Gasteiger partial charge in [-0.15, -0.1) is 0 Å². The van der Waals surface area contributed by atoms with Gasteiger partial charge >= 0.3 is 0 Å². The summed E-state index contributed by atoms with van der Waals surface area (Å²) in [4.78, 5) is 16.7. The summed E-state index contributed by atoms with van der Waals surface area (Å²) in [5, 5.41) is 11.4. The van der Waals surface area contributed by atoms with Gasteiger partial charge in [0.15, 0.2) is 5.78 Å². The minimum Gasteiger partial charge on any atom is -0.383 e. The summed E-state index contributed by atoms with van der Waals surface area (Å²) >= 11 is 0. The average Bonchev–Trinajstić information content (AvgIpc) is 2.70. The highest BCUT2D eigenvalue weighted by atomic mass is 19.1. The number of aliphatic hydroxyl groups is 1. The van der Waals surface area contributed by atoms with Gasteiger partial charge in [-0.05, 0) is 63.3 Å². The van der Waals surface area contributed by atoms with E-state index in [0.717, 1.165) is 31.6 Å². The Labute approximate surface area is 166 Å². The molecule has 0 aromatic heterocycles. The maximum Gasteiger partial charge on any atom is 0.162 e. The maximum atomic E-state index is 13.0. The van der Waals surface area contributed by atoms with Crippen molar-refractivity contribution in [2.75, 3.05) is 33.7 Å². The number of likely N-dealkylation sites (tertiary alicyclic amines) is 1. The first-order valence-corrected chi connectivity index (χ1v) is 9.85. The van der Waals surface area contributed by atoms with Gasteiger partial charge < -0.3 is 14.9 Å². The van der Waals surface area contributed by atoms with E-state index in [1.807, 2.05) is 44.4 Å². The van der Waals surface area contributed by atoms with Crippen molar-refractivity contribution in [2.45, 2.75) is 30.9 Å². The van der Waals surface area contributed by atoms with E-state index < -0.39 is 5.60 Å². The van der Waals surface area contributed by atoms with Crippen molar-refractivity contribution >= 4 is 5.78 Å². The Morgan fingerprint density at radius 2 is 1.86 bits per heavy atom. The molecule has 0 bridgehead atoms. The van der Waals surface area contributed by atoms with Gasteiger partial charge in [-0.25, -0.2) is 4.39 Å². The van der Waals surface area contributed by atoms with Crippen LogP contribution in [0.25, 0.3) is 0 Å². The van der Waals surface area contributed by atoms with Crippen molar-refractivity contribution in [3.63, 3.8) is 0 Å². The second-order valence-electron chi connectivity index (χ2n) is 7.85. The smallest absolute Gasteiger partial charge is 0.162 e. The highest BCUT2D eigenvalue weighted by molar-refractivity contribution is 5.95. The number of halogens is 1. The first-order chi connectivity index (χ1) is 13.4. The first kappa shape index (κ1) is 20.6. The molecule has 5 heteroatoms. The van der Waals surface area contributed by atoms with E-state index >= 15 is 0 Å². The standard InChI is InChI=1S/C23H29FN2O2/c1-25(2)22-17-26(16-14-23(22,28)19-7-4-3-5-8-19)15-6-9-21(27)18-10-12-20(24)13-11-18/h3-5,7-8,10-13,22,28H,6,9,14-17H2,1-2H3. The lowest BCUT2D eigenvalue weighted by Crippen LogP contribution is -2.59. The molecule has 0 radical (unpaired) electrons. The van der Waals surface area contributed by atoms with Crippen molar-refractivity contribution in [2.24, 2.45) is 0 Å². The van der Waals surface area contributed by atoms with Crippen LogP contribution in [-0.2, 0) is 5.60 Å². The third-order valence-corrected chi connectivity index (χ3v) is 5.73. The topological polar surface area (TPSA) is 43.8 Å². The van der Waals surface area contributed by atoms with Crippen molar-refractivity contribution in [3.05, 3.63) is 71.5 Å². The minimum absolute atomic E-state index is 0.0172. The fraction of sp³-hybridized carbons (Fsp3) is 0.435. The Hall–Kier alpha value is -2.08. The van der Waals surface area contributed by atoms with E-state index in [1.165, 1.54) is 12.1 Å². The lowest BCUT2D eigenvalue weighted by Gasteiger charge is -2.47. The summed E-state index contributed by atoms with van der Waals surface area (Å²) in [6.45, 7) is 2.35. The second-order valence-corrected chi connectivity index (χ2v) is 7.85. The van der Waals surface area contributed by atoms with Crippen LogP contribution in [-0.4, -0.2) is 60.5 Å². The molecule has 2 aromatic rings. The summed E-state index contributed by atoms with van der Waals surface area (Å²) in [5.41, 5.74) is 0.648. The zero-order valence-electron chi connectivity index (χ0n) is 16.6. The molecule has 0 aliphatic carbocycles. The van der Waals surface area contributed by atoms with Crippen LogP contribution in [0.3, 0.4) is 0 Å². The SMILES string of the molecule is CN(C)C1CN(CCCC(=O)c2ccc(F)cc2)CCC1(O)c1ccccc1. The molecule has 4 nitrogen and oxygen atoms in total. The van der Waals surface area contributed by atoms with Gasteiger partial charge in [0.25, 0.3) is 0 Å². The van der Waals surface area contributed by atoms with Crippen LogP contribution in [0.5, 0.6) is 0 Å². The molecule has 3 rings (SSSR count). The minimum atomic E-state index is -0.870. The first-order valence-electron chi connectivity index (χ1n) is 9.85. The van der Waals surface area contributed by atoms with Gasteiger partial charge in [0.05, 0.1) is 6.04 Å². The van der Waals surface area contributed by atoms with E-state index in [-0.39, 0.29) is 17.6 Å². The van der Waals surface area contributed by atoms with Crippen LogP contribution in [0, 0.1) is 5.82 Å². The van der Waals surface area contributed by atoms with E-state index in [4.69, 9.17) is 0 Å². The van der Waals surface area contributed by atoms with Gasteiger partial charge in [-0.3, -0.25) is 4.79 Å². The molecule has 1 saturated heterocycles. The molecule has 2 aromatic carbocycles. The average molecular weight is 384 g/mol. The molecule has 1 aliphatic rings. The fourth-order valence-corrected chi connectivity index (χ4v) is 4.08. The fourth-order valence-electron chi connectivity index (χ4n) is 4.08. The Morgan fingerprint density at radius 1 is 1.18 bits per heavy atom. The summed E-state index contributed by atoms with van der Waals surface area (Å²) in [6.07, 6.45) is 1.85. The molecule has 1 aliphatic heterocycles. The van der Waals surface area contributed by atoms with E-state index in [1.54, 1.807) is 12.1 Å². The highest BCUT2D eigenvalue weighted by Crippen LogP contribution is 2.35. The van der Waals surface area contributed by atoms with Crippen LogP contribution in [0.1, 0.15) is 35.2 Å². The Morgan fingerprint density at radius 3 is 2.50 bits per heavy atom. The number of Topliss-reactive ketones (excluding diaryl/α,β-unsaturated/α-hetero) is 1. The summed E-state index contributed by atoms with van der Waals surface area (Å²) in [5.74, 6) is -0.285. The zero-order valence-corrected chi connectivity index (χ0v) is 16.6. The third-order valence-electron chi connectivity index (χ3n) is 5.73. The largest absolute Gasteiger partial charge is 0.383 e.